The first kappa shape index (κ1) is 11.6. The Bertz CT molecular complexity index is 464. The molecule has 1 heterocycles. The van der Waals surface area contributed by atoms with Crippen LogP contribution >= 0.6 is 27.3 Å². The van der Waals surface area contributed by atoms with Gasteiger partial charge < -0.3 is 4.74 Å². The van der Waals surface area contributed by atoms with Crippen molar-refractivity contribution in [2.75, 3.05) is 0 Å². The van der Waals surface area contributed by atoms with Crippen LogP contribution in [0.25, 0.3) is 0 Å². The highest BCUT2D eigenvalue weighted by atomic mass is 79.9. The van der Waals surface area contributed by atoms with Crippen molar-refractivity contribution < 1.29 is 4.74 Å². The van der Waals surface area contributed by atoms with Gasteiger partial charge in [0.15, 0.2) is 0 Å². The molecule has 0 radical (unpaired) electrons. The van der Waals surface area contributed by atoms with Crippen LogP contribution in [0.3, 0.4) is 0 Å². The van der Waals surface area contributed by atoms with Crippen LogP contribution in [-0.2, 0) is 0 Å². The minimum Gasteiger partial charge on any atom is -0.431 e. The van der Waals surface area contributed by atoms with Gasteiger partial charge in [-0.2, -0.15) is 0 Å². The Balaban J connectivity index is 2.11. The highest BCUT2D eigenvalue weighted by Gasteiger charge is 2.03. The molecule has 0 bridgehead atoms. The summed E-state index contributed by atoms with van der Waals surface area (Å²) in [6, 6.07) is 8.13. The van der Waals surface area contributed by atoms with Crippen molar-refractivity contribution in [1.82, 2.24) is 4.98 Å². The Hall–Kier alpha value is -0.870. The van der Waals surface area contributed by atoms with Gasteiger partial charge in [-0.05, 0) is 39.5 Å². The second kappa shape index (κ2) is 4.97. The summed E-state index contributed by atoms with van der Waals surface area (Å²) < 4.78 is 6.58. The van der Waals surface area contributed by atoms with Crippen LogP contribution in [0.2, 0.25) is 0 Å². The Morgan fingerprint density at radius 3 is 2.44 bits per heavy atom. The van der Waals surface area contributed by atoms with Crippen molar-refractivity contribution in [3.05, 3.63) is 39.8 Å². The Kier molecular flexibility index (Phi) is 3.61. The molecular weight excluding hydrogens is 286 g/mol. The van der Waals surface area contributed by atoms with Crippen molar-refractivity contribution >= 4 is 27.3 Å². The number of hydrogen-bond acceptors (Lipinski definition) is 3. The first-order valence-corrected chi connectivity index (χ1v) is 6.65. The van der Waals surface area contributed by atoms with Gasteiger partial charge in [0, 0.05) is 0 Å². The summed E-state index contributed by atoms with van der Waals surface area (Å²) in [5.74, 6) is 1.37. The molecule has 0 spiro atoms. The summed E-state index contributed by atoms with van der Waals surface area (Å²) >= 11 is 4.83. The summed E-state index contributed by atoms with van der Waals surface area (Å²) in [6.07, 6.45) is 1.74. The predicted molar refractivity (Wildman–Crippen MR) is 70.4 cm³/mol. The highest BCUT2D eigenvalue weighted by molar-refractivity contribution is 9.11. The lowest BCUT2D eigenvalue weighted by Gasteiger charge is -2.06. The number of nitrogens with zero attached hydrogens (tertiary/aromatic N) is 1. The van der Waals surface area contributed by atoms with E-state index in [2.05, 4.69) is 46.9 Å². The fourth-order valence-corrected chi connectivity index (χ4v) is 2.34. The second-order valence-corrected chi connectivity index (χ2v) is 6.13. The molecule has 0 aliphatic carbocycles. The van der Waals surface area contributed by atoms with Crippen molar-refractivity contribution in [3.8, 4) is 10.9 Å². The number of halogens is 1. The van der Waals surface area contributed by atoms with Gasteiger partial charge in [-0.25, -0.2) is 4.98 Å². The lowest BCUT2D eigenvalue weighted by molar-refractivity contribution is 0.478. The largest absolute Gasteiger partial charge is 0.431 e. The van der Waals surface area contributed by atoms with Crippen molar-refractivity contribution in [2.45, 2.75) is 19.8 Å². The van der Waals surface area contributed by atoms with Crippen LogP contribution in [0, 0.1) is 0 Å². The summed E-state index contributed by atoms with van der Waals surface area (Å²) in [6.45, 7) is 4.35. The third kappa shape index (κ3) is 2.83. The highest BCUT2D eigenvalue weighted by Crippen LogP contribution is 2.30. The maximum Gasteiger partial charge on any atom is 0.279 e. The van der Waals surface area contributed by atoms with Crippen LogP contribution in [-0.4, -0.2) is 4.98 Å². The first-order chi connectivity index (χ1) is 7.65. The van der Waals surface area contributed by atoms with Gasteiger partial charge >= 0.3 is 0 Å². The predicted octanol–water partition coefficient (Wildman–Crippen LogP) is 4.82. The van der Waals surface area contributed by atoms with E-state index in [1.54, 1.807) is 6.20 Å². The summed E-state index contributed by atoms with van der Waals surface area (Å²) in [5.41, 5.74) is 1.31. The van der Waals surface area contributed by atoms with E-state index in [4.69, 9.17) is 4.74 Å². The van der Waals surface area contributed by atoms with Crippen LogP contribution in [0.15, 0.2) is 34.2 Å². The van der Waals surface area contributed by atoms with E-state index in [9.17, 15) is 0 Å². The number of rotatable bonds is 3. The molecule has 16 heavy (non-hydrogen) atoms. The van der Waals surface area contributed by atoms with Crippen LogP contribution in [0.5, 0.6) is 10.9 Å². The molecule has 0 saturated heterocycles. The van der Waals surface area contributed by atoms with Gasteiger partial charge in [-0.1, -0.05) is 37.3 Å². The first-order valence-electron chi connectivity index (χ1n) is 5.04. The minimum atomic E-state index is 0.544. The molecule has 0 atom stereocenters. The molecule has 0 unspecified atom stereocenters. The molecule has 0 saturated carbocycles. The van der Waals surface area contributed by atoms with Gasteiger partial charge in [0.05, 0.1) is 9.98 Å². The normalized spacial score (nSPS) is 10.8. The molecule has 84 valence electrons. The van der Waals surface area contributed by atoms with Crippen LogP contribution in [0.4, 0.5) is 0 Å². The molecule has 0 amide bonds. The zero-order valence-electron chi connectivity index (χ0n) is 9.11. The van der Waals surface area contributed by atoms with Crippen LogP contribution in [0.1, 0.15) is 25.3 Å². The van der Waals surface area contributed by atoms with Crippen molar-refractivity contribution in [3.63, 3.8) is 0 Å². The minimum absolute atomic E-state index is 0.544. The van der Waals surface area contributed by atoms with Gasteiger partial charge in [-0.3, -0.25) is 0 Å². The maximum atomic E-state index is 5.61. The average Bonchev–Trinajstić information content (AvgIpc) is 2.65. The third-order valence-corrected chi connectivity index (χ3v) is 3.56. The molecule has 2 nitrogen and oxygen atoms in total. The van der Waals surface area contributed by atoms with E-state index < -0.39 is 0 Å². The van der Waals surface area contributed by atoms with E-state index >= 15 is 0 Å². The zero-order valence-corrected chi connectivity index (χ0v) is 11.5. The summed E-state index contributed by atoms with van der Waals surface area (Å²) in [4.78, 5) is 4.12. The number of benzene rings is 1. The van der Waals surface area contributed by atoms with Gasteiger partial charge in [0.25, 0.3) is 5.19 Å². The third-order valence-electron chi connectivity index (χ3n) is 2.21. The Morgan fingerprint density at radius 2 is 1.94 bits per heavy atom. The van der Waals surface area contributed by atoms with E-state index in [1.165, 1.54) is 16.9 Å². The summed E-state index contributed by atoms with van der Waals surface area (Å²) in [5, 5.41) is 0.657. The molecule has 0 fully saturated rings. The molecule has 1 aromatic carbocycles. The average molecular weight is 298 g/mol. The SMILES string of the molecule is CC(C)c1ccc(Oc2ncc(Br)s2)cc1. The van der Waals surface area contributed by atoms with E-state index in [0.717, 1.165) is 9.54 Å². The second-order valence-electron chi connectivity index (χ2n) is 3.76. The molecule has 1 aromatic heterocycles. The molecule has 0 aliphatic rings. The van der Waals surface area contributed by atoms with Gasteiger partial charge in [0.2, 0.25) is 0 Å². The van der Waals surface area contributed by atoms with E-state index in [1.807, 2.05) is 12.1 Å². The number of thiazole rings is 1. The molecule has 0 N–H and O–H groups in total. The fraction of sp³-hybridized carbons (Fsp3) is 0.250. The maximum absolute atomic E-state index is 5.61. The van der Waals surface area contributed by atoms with E-state index in [0.29, 0.717) is 11.1 Å². The number of ether oxygens (including phenoxy) is 1. The number of aromatic nitrogens is 1. The zero-order chi connectivity index (χ0) is 11.5. The Morgan fingerprint density at radius 1 is 1.25 bits per heavy atom. The van der Waals surface area contributed by atoms with Gasteiger partial charge in [-0.15, -0.1) is 0 Å². The standard InChI is InChI=1S/C12H12BrNOS/c1-8(2)9-3-5-10(6-4-9)15-12-14-7-11(13)16-12/h3-8H,1-2H3. The Labute approximate surface area is 107 Å². The lowest BCUT2D eigenvalue weighted by atomic mass is 10.0. The van der Waals surface area contributed by atoms with Gasteiger partial charge in [0.1, 0.15) is 5.75 Å². The lowest BCUT2D eigenvalue weighted by Crippen LogP contribution is -1.87. The van der Waals surface area contributed by atoms with Crippen LogP contribution < -0.4 is 4.74 Å². The summed E-state index contributed by atoms with van der Waals surface area (Å²) in [7, 11) is 0. The topological polar surface area (TPSA) is 22.1 Å². The number of hydrogen-bond donors (Lipinski definition) is 0. The molecular formula is C12H12BrNOS. The van der Waals surface area contributed by atoms with Crippen molar-refractivity contribution in [2.24, 2.45) is 0 Å². The smallest absolute Gasteiger partial charge is 0.279 e. The molecule has 0 aliphatic heterocycles. The molecule has 4 heteroatoms. The van der Waals surface area contributed by atoms with E-state index in [-0.39, 0.29) is 0 Å². The quantitative estimate of drug-likeness (QED) is 0.810. The fourth-order valence-electron chi connectivity index (χ4n) is 1.31. The molecule has 2 rings (SSSR count). The monoisotopic (exact) mass is 297 g/mol. The molecule has 2 aromatic rings. The van der Waals surface area contributed by atoms with Crippen molar-refractivity contribution in [1.29, 1.82) is 0 Å².